The zero-order valence-corrected chi connectivity index (χ0v) is 13.5. The van der Waals surface area contributed by atoms with E-state index >= 15 is 0 Å². The summed E-state index contributed by atoms with van der Waals surface area (Å²) in [7, 11) is 0. The van der Waals surface area contributed by atoms with E-state index in [0.717, 1.165) is 24.3 Å². The Bertz CT molecular complexity index is 956. The normalized spacial score (nSPS) is 16.8. The highest BCUT2D eigenvalue weighted by Gasteiger charge is 2.33. The number of hydrogen-bond donors (Lipinski definition) is 1. The molecule has 4 rings (SSSR count). The van der Waals surface area contributed by atoms with E-state index in [0.29, 0.717) is 17.8 Å². The molecule has 7 heteroatoms. The van der Waals surface area contributed by atoms with E-state index in [4.69, 9.17) is 5.26 Å². The first kappa shape index (κ1) is 15.1. The number of rotatable bonds is 2. The van der Waals surface area contributed by atoms with Gasteiger partial charge in [-0.1, -0.05) is 6.07 Å². The number of anilines is 1. The summed E-state index contributed by atoms with van der Waals surface area (Å²) in [6.45, 7) is 0.675. The Hall–Kier alpha value is -3.40. The second-order valence-corrected chi connectivity index (χ2v) is 5.96. The van der Waals surface area contributed by atoms with E-state index in [1.807, 2.05) is 28.8 Å². The van der Waals surface area contributed by atoms with Crippen molar-refractivity contribution >= 4 is 17.4 Å². The lowest BCUT2D eigenvalue weighted by molar-refractivity contribution is 0.204. The molecule has 1 unspecified atom stereocenters. The number of nitriles is 1. The first-order valence-electron chi connectivity index (χ1n) is 8.14. The third-order valence-electron chi connectivity index (χ3n) is 4.42. The zero-order valence-electron chi connectivity index (χ0n) is 13.5. The summed E-state index contributed by atoms with van der Waals surface area (Å²) < 4.78 is 1.93. The van der Waals surface area contributed by atoms with Crippen molar-refractivity contribution < 1.29 is 4.79 Å². The summed E-state index contributed by atoms with van der Waals surface area (Å²) in [4.78, 5) is 14.5. The topological polar surface area (TPSA) is 86.3 Å². The van der Waals surface area contributed by atoms with Gasteiger partial charge in [-0.3, -0.25) is 4.40 Å². The van der Waals surface area contributed by atoms with E-state index < -0.39 is 0 Å². The molecule has 0 aliphatic carbocycles. The van der Waals surface area contributed by atoms with Crippen LogP contribution in [0.5, 0.6) is 0 Å². The monoisotopic (exact) mass is 332 g/mol. The van der Waals surface area contributed by atoms with Gasteiger partial charge in [-0.15, -0.1) is 10.2 Å². The number of pyridine rings is 1. The van der Waals surface area contributed by atoms with Gasteiger partial charge in [-0.25, -0.2) is 4.79 Å². The largest absolute Gasteiger partial charge is 0.322 e. The molecule has 2 amide bonds. The lowest BCUT2D eigenvalue weighted by Crippen LogP contribution is -2.35. The van der Waals surface area contributed by atoms with Gasteiger partial charge in [0.25, 0.3) is 0 Å². The quantitative estimate of drug-likeness (QED) is 0.781. The van der Waals surface area contributed by atoms with Crippen LogP contribution in [0.4, 0.5) is 10.5 Å². The van der Waals surface area contributed by atoms with E-state index in [9.17, 15) is 4.79 Å². The maximum absolute atomic E-state index is 12.7. The number of aromatic nitrogens is 3. The van der Waals surface area contributed by atoms with Crippen LogP contribution in [0.15, 0.2) is 48.7 Å². The Labute approximate surface area is 144 Å². The first-order chi connectivity index (χ1) is 12.3. The molecule has 0 saturated carbocycles. The molecular formula is C18H16N6O. The van der Waals surface area contributed by atoms with Gasteiger partial charge in [0.05, 0.1) is 17.7 Å². The number of nitrogens with one attached hydrogen (secondary N) is 1. The summed E-state index contributed by atoms with van der Waals surface area (Å²) in [6, 6.07) is 14.4. The molecule has 0 spiro atoms. The standard InChI is InChI=1S/C18H16N6O/c19-12-13-6-8-14(9-7-13)20-18(25)23-11-3-4-15(23)17-22-21-16-5-1-2-10-24(16)17/h1-2,5-10,15H,3-4,11H2,(H,20,25). The molecule has 1 fully saturated rings. The minimum absolute atomic E-state index is 0.101. The molecule has 25 heavy (non-hydrogen) atoms. The molecule has 0 radical (unpaired) electrons. The van der Waals surface area contributed by atoms with Gasteiger partial charge < -0.3 is 10.2 Å². The third-order valence-corrected chi connectivity index (χ3v) is 4.42. The van der Waals surface area contributed by atoms with Crippen molar-refractivity contribution in [3.05, 3.63) is 60.0 Å². The van der Waals surface area contributed by atoms with Crippen LogP contribution in [0, 0.1) is 11.3 Å². The molecule has 3 aromatic rings. The van der Waals surface area contributed by atoms with Crippen LogP contribution in [0.3, 0.4) is 0 Å². The van der Waals surface area contributed by atoms with Gasteiger partial charge in [0.2, 0.25) is 0 Å². The van der Waals surface area contributed by atoms with Gasteiger partial charge in [-0.2, -0.15) is 5.26 Å². The zero-order chi connectivity index (χ0) is 17.2. The van der Waals surface area contributed by atoms with Crippen LogP contribution in [0.1, 0.15) is 30.3 Å². The van der Waals surface area contributed by atoms with Crippen molar-refractivity contribution in [2.45, 2.75) is 18.9 Å². The fourth-order valence-electron chi connectivity index (χ4n) is 3.19. The molecule has 3 heterocycles. The number of likely N-dealkylation sites (tertiary alicyclic amines) is 1. The molecule has 2 aromatic heterocycles. The predicted molar refractivity (Wildman–Crippen MR) is 91.8 cm³/mol. The van der Waals surface area contributed by atoms with Crippen LogP contribution in [0.25, 0.3) is 5.65 Å². The fourth-order valence-corrected chi connectivity index (χ4v) is 3.19. The van der Waals surface area contributed by atoms with Crippen LogP contribution < -0.4 is 5.32 Å². The summed E-state index contributed by atoms with van der Waals surface area (Å²) >= 11 is 0. The molecule has 1 atom stereocenters. The highest BCUT2D eigenvalue weighted by molar-refractivity contribution is 5.89. The minimum atomic E-state index is -0.167. The second-order valence-electron chi connectivity index (χ2n) is 5.96. The van der Waals surface area contributed by atoms with Gasteiger partial charge in [0.15, 0.2) is 11.5 Å². The number of urea groups is 1. The fraction of sp³-hybridized carbons (Fsp3) is 0.222. The van der Waals surface area contributed by atoms with Crippen molar-refractivity contribution in [3.63, 3.8) is 0 Å². The number of benzene rings is 1. The molecule has 0 bridgehead atoms. The SMILES string of the molecule is N#Cc1ccc(NC(=O)N2CCCC2c2nnc3ccccn23)cc1. The molecule has 1 N–H and O–H groups in total. The van der Waals surface area contributed by atoms with Gasteiger partial charge in [0.1, 0.15) is 0 Å². The van der Waals surface area contributed by atoms with Crippen molar-refractivity contribution in [1.82, 2.24) is 19.5 Å². The lowest BCUT2D eigenvalue weighted by Gasteiger charge is -2.23. The Kier molecular flexibility index (Phi) is 3.78. The Balaban J connectivity index is 1.56. The summed E-state index contributed by atoms with van der Waals surface area (Å²) in [5.41, 5.74) is 2.00. The van der Waals surface area contributed by atoms with Crippen molar-refractivity contribution in [1.29, 1.82) is 5.26 Å². The van der Waals surface area contributed by atoms with Crippen LogP contribution >= 0.6 is 0 Å². The van der Waals surface area contributed by atoms with Gasteiger partial charge in [-0.05, 0) is 49.2 Å². The Morgan fingerprint density at radius 3 is 2.84 bits per heavy atom. The second kappa shape index (κ2) is 6.24. The molecule has 1 aliphatic rings. The van der Waals surface area contributed by atoms with E-state index in [2.05, 4.69) is 21.6 Å². The molecule has 7 nitrogen and oxygen atoms in total. The van der Waals surface area contributed by atoms with Crippen LogP contribution in [-0.2, 0) is 0 Å². The molecule has 124 valence electrons. The maximum Gasteiger partial charge on any atom is 0.322 e. The number of carbonyl (C=O) groups excluding carboxylic acids is 1. The van der Waals surface area contributed by atoms with Crippen molar-refractivity contribution in [3.8, 4) is 6.07 Å². The van der Waals surface area contributed by atoms with Gasteiger partial charge >= 0.3 is 6.03 Å². The summed E-state index contributed by atoms with van der Waals surface area (Å²) in [5.74, 6) is 0.781. The van der Waals surface area contributed by atoms with Crippen molar-refractivity contribution in [2.24, 2.45) is 0 Å². The highest BCUT2D eigenvalue weighted by atomic mass is 16.2. The van der Waals surface area contributed by atoms with E-state index in [-0.39, 0.29) is 12.1 Å². The Morgan fingerprint density at radius 2 is 2.04 bits per heavy atom. The minimum Gasteiger partial charge on any atom is -0.314 e. The van der Waals surface area contributed by atoms with Crippen molar-refractivity contribution in [2.75, 3.05) is 11.9 Å². The number of amides is 2. The number of hydrogen-bond acceptors (Lipinski definition) is 4. The average Bonchev–Trinajstić information content (AvgIpc) is 3.29. The molecular weight excluding hydrogens is 316 g/mol. The average molecular weight is 332 g/mol. The number of fused-ring (bicyclic) bond motifs is 1. The van der Waals surface area contributed by atoms with Crippen LogP contribution in [-0.4, -0.2) is 32.1 Å². The lowest BCUT2D eigenvalue weighted by atomic mass is 10.2. The molecule has 1 aromatic carbocycles. The predicted octanol–water partition coefficient (Wildman–Crippen LogP) is 2.97. The summed E-state index contributed by atoms with van der Waals surface area (Å²) in [5, 5.41) is 20.2. The number of nitrogens with zero attached hydrogens (tertiary/aromatic N) is 5. The first-order valence-corrected chi connectivity index (χ1v) is 8.14. The molecule has 1 aliphatic heterocycles. The third kappa shape index (κ3) is 2.78. The highest BCUT2D eigenvalue weighted by Crippen LogP contribution is 2.31. The van der Waals surface area contributed by atoms with E-state index in [1.54, 1.807) is 29.2 Å². The maximum atomic E-state index is 12.7. The number of carbonyl (C=O) groups is 1. The van der Waals surface area contributed by atoms with Gasteiger partial charge in [0, 0.05) is 18.4 Å². The molecule has 1 saturated heterocycles. The smallest absolute Gasteiger partial charge is 0.314 e. The van der Waals surface area contributed by atoms with E-state index in [1.165, 1.54) is 0 Å². The van der Waals surface area contributed by atoms with Crippen LogP contribution in [0.2, 0.25) is 0 Å². The summed E-state index contributed by atoms with van der Waals surface area (Å²) in [6.07, 6.45) is 3.70. The Morgan fingerprint density at radius 1 is 1.20 bits per heavy atom.